The van der Waals surface area contributed by atoms with Crippen LogP contribution >= 0.6 is 0 Å². The Morgan fingerprint density at radius 2 is 1.70 bits per heavy atom. The van der Waals surface area contributed by atoms with E-state index in [2.05, 4.69) is 27.5 Å². The number of fused-ring (bicyclic) bond motifs is 3. The van der Waals surface area contributed by atoms with Crippen LogP contribution in [0.1, 0.15) is 27.7 Å². The predicted octanol–water partition coefficient (Wildman–Crippen LogP) is 2.87. The van der Waals surface area contributed by atoms with Crippen molar-refractivity contribution in [2.24, 2.45) is 7.05 Å². The summed E-state index contributed by atoms with van der Waals surface area (Å²) in [7, 11) is 1.48. The third-order valence-corrected chi connectivity index (χ3v) is 4.51. The molecule has 2 aromatic carbocycles. The summed E-state index contributed by atoms with van der Waals surface area (Å²) in [5.41, 5.74) is 4.50. The second-order valence-electron chi connectivity index (χ2n) is 6.14. The van der Waals surface area contributed by atoms with Crippen LogP contribution in [0.4, 0.5) is 10.7 Å². The second-order valence-corrected chi connectivity index (χ2v) is 6.14. The van der Waals surface area contributed by atoms with Gasteiger partial charge in [-0.2, -0.15) is 4.98 Å². The van der Waals surface area contributed by atoms with E-state index >= 15 is 0 Å². The maximum Gasteiger partial charge on any atom is 0.414 e. The highest BCUT2D eigenvalue weighted by Crippen LogP contribution is 2.44. The van der Waals surface area contributed by atoms with Gasteiger partial charge in [0.25, 0.3) is 5.82 Å². The van der Waals surface area contributed by atoms with Gasteiger partial charge in [0.05, 0.1) is 0 Å². The van der Waals surface area contributed by atoms with Crippen molar-refractivity contribution in [1.29, 1.82) is 0 Å². The Bertz CT molecular complexity index is 998. The van der Waals surface area contributed by atoms with Gasteiger partial charge in [-0.05, 0) is 22.3 Å². The number of carboxylic acid groups (broad SMARTS) is 1. The van der Waals surface area contributed by atoms with Crippen LogP contribution in [0.5, 0.6) is 0 Å². The van der Waals surface area contributed by atoms with Gasteiger partial charge in [0, 0.05) is 13.0 Å². The van der Waals surface area contributed by atoms with E-state index in [1.807, 2.05) is 36.4 Å². The standard InChI is InChI=1S/C19H16N4O4/c1-23-18(20-16(22-23)17(24)25)21-19(26)27-10-15-13-8-4-2-6-11(13)12-7-3-5-9-14(12)15/h2-9,15H,10H2,1H3,(H,24,25)(H,20,21,22,26). The van der Waals surface area contributed by atoms with Crippen molar-refractivity contribution in [2.45, 2.75) is 5.92 Å². The van der Waals surface area contributed by atoms with Crippen LogP contribution in [0, 0.1) is 0 Å². The molecule has 0 atom stereocenters. The lowest BCUT2D eigenvalue weighted by Gasteiger charge is -2.14. The van der Waals surface area contributed by atoms with E-state index in [0.717, 1.165) is 22.3 Å². The van der Waals surface area contributed by atoms with Crippen LogP contribution in [0.25, 0.3) is 11.1 Å². The summed E-state index contributed by atoms with van der Waals surface area (Å²) in [5, 5.41) is 15.0. The molecule has 2 N–H and O–H groups in total. The number of anilines is 1. The molecule has 0 bridgehead atoms. The minimum atomic E-state index is -1.27. The number of hydrogen-bond acceptors (Lipinski definition) is 5. The van der Waals surface area contributed by atoms with E-state index < -0.39 is 17.9 Å². The summed E-state index contributed by atoms with van der Waals surface area (Å²) < 4.78 is 6.56. The molecule has 8 nitrogen and oxygen atoms in total. The maximum absolute atomic E-state index is 12.2. The predicted molar refractivity (Wildman–Crippen MR) is 96.7 cm³/mol. The van der Waals surface area contributed by atoms with E-state index in [-0.39, 0.29) is 18.5 Å². The number of aromatic carboxylic acids is 1. The molecule has 27 heavy (non-hydrogen) atoms. The average molecular weight is 364 g/mol. The van der Waals surface area contributed by atoms with E-state index in [4.69, 9.17) is 9.84 Å². The largest absolute Gasteiger partial charge is 0.475 e. The molecule has 1 heterocycles. The minimum Gasteiger partial charge on any atom is -0.475 e. The Morgan fingerprint density at radius 1 is 1.11 bits per heavy atom. The van der Waals surface area contributed by atoms with Gasteiger partial charge in [-0.3, -0.25) is 5.32 Å². The van der Waals surface area contributed by atoms with E-state index in [1.54, 1.807) is 0 Å². The van der Waals surface area contributed by atoms with Gasteiger partial charge in [-0.25, -0.2) is 14.3 Å². The molecule has 0 aliphatic heterocycles. The highest BCUT2D eigenvalue weighted by Gasteiger charge is 2.29. The number of aryl methyl sites for hydroxylation is 1. The van der Waals surface area contributed by atoms with Gasteiger partial charge in [0.15, 0.2) is 0 Å². The number of nitrogens with zero attached hydrogens (tertiary/aromatic N) is 3. The monoisotopic (exact) mass is 364 g/mol. The Hall–Kier alpha value is -3.68. The van der Waals surface area contributed by atoms with E-state index in [1.165, 1.54) is 11.7 Å². The fraction of sp³-hybridized carbons (Fsp3) is 0.158. The summed E-state index contributed by atoms with van der Waals surface area (Å²) in [4.78, 5) is 26.8. The number of benzene rings is 2. The fourth-order valence-corrected chi connectivity index (χ4v) is 3.31. The SMILES string of the molecule is Cn1nc(C(=O)O)nc1NC(=O)OCC1c2ccccc2-c2ccccc21. The summed E-state index contributed by atoms with van der Waals surface area (Å²) in [6.07, 6.45) is -0.718. The molecule has 1 amide bonds. The third-order valence-electron chi connectivity index (χ3n) is 4.51. The third kappa shape index (κ3) is 3.01. The molecule has 0 fully saturated rings. The molecular formula is C19H16N4O4. The lowest BCUT2D eigenvalue weighted by molar-refractivity contribution is 0.0683. The Balaban J connectivity index is 1.49. The van der Waals surface area contributed by atoms with Crippen molar-refractivity contribution < 1.29 is 19.4 Å². The summed E-state index contributed by atoms with van der Waals surface area (Å²) in [6, 6.07) is 16.1. The van der Waals surface area contributed by atoms with Crippen LogP contribution in [0.15, 0.2) is 48.5 Å². The number of aromatic nitrogens is 3. The molecule has 136 valence electrons. The maximum atomic E-state index is 12.2. The molecule has 3 aromatic rings. The van der Waals surface area contributed by atoms with Crippen LogP contribution in [0.2, 0.25) is 0 Å². The number of hydrogen-bond donors (Lipinski definition) is 2. The first-order chi connectivity index (χ1) is 13.0. The van der Waals surface area contributed by atoms with Crippen molar-refractivity contribution in [3.8, 4) is 11.1 Å². The fourth-order valence-electron chi connectivity index (χ4n) is 3.31. The summed E-state index contributed by atoms with van der Waals surface area (Å²) in [5.74, 6) is -1.72. The van der Waals surface area contributed by atoms with Crippen LogP contribution < -0.4 is 5.32 Å². The summed E-state index contributed by atoms with van der Waals surface area (Å²) in [6.45, 7) is 0.156. The topological polar surface area (TPSA) is 106 Å². The molecule has 1 aliphatic carbocycles. The highest BCUT2D eigenvalue weighted by molar-refractivity contribution is 5.86. The van der Waals surface area contributed by atoms with Crippen LogP contribution in [-0.4, -0.2) is 38.5 Å². The first kappa shape index (κ1) is 16.8. The average Bonchev–Trinajstić information content (AvgIpc) is 3.19. The number of amides is 1. The smallest absolute Gasteiger partial charge is 0.414 e. The Morgan fingerprint density at radius 3 is 2.26 bits per heavy atom. The molecule has 0 radical (unpaired) electrons. The van der Waals surface area contributed by atoms with Gasteiger partial charge >= 0.3 is 12.1 Å². The van der Waals surface area contributed by atoms with Gasteiger partial charge in [-0.1, -0.05) is 48.5 Å². The number of carbonyl (C=O) groups excluding carboxylic acids is 1. The molecule has 0 saturated heterocycles. The van der Waals surface area contributed by atoms with E-state index in [9.17, 15) is 9.59 Å². The normalized spacial score (nSPS) is 12.3. The first-order valence-electron chi connectivity index (χ1n) is 8.31. The minimum absolute atomic E-state index is 0.00428. The second kappa shape index (κ2) is 6.56. The number of nitrogens with one attached hydrogen (secondary N) is 1. The molecule has 0 unspecified atom stereocenters. The Kier molecular flexibility index (Phi) is 4.08. The van der Waals surface area contributed by atoms with Gasteiger partial charge in [0.2, 0.25) is 5.95 Å². The van der Waals surface area contributed by atoms with Crippen LogP contribution in [-0.2, 0) is 11.8 Å². The van der Waals surface area contributed by atoms with Crippen molar-refractivity contribution >= 4 is 18.0 Å². The zero-order chi connectivity index (χ0) is 19.0. The van der Waals surface area contributed by atoms with Crippen molar-refractivity contribution in [3.05, 3.63) is 65.5 Å². The first-order valence-corrected chi connectivity index (χ1v) is 8.31. The van der Waals surface area contributed by atoms with E-state index in [0.29, 0.717) is 0 Å². The van der Waals surface area contributed by atoms with Crippen LogP contribution in [0.3, 0.4) is 0 Å². The number of rotatable bonds is 4. The molecule has 0 saturated carbocycles. The number of carboxylic acids is 1. The molecule has 1 aromatic heterocycles. The van der Waals surface area contributed by atoms with Gasteiger partial charge in [-0.15, -0.1) is 5.10 Å². The van der Waals surface area contributed by atoms with Gasteiger partial charge < -0.3 is 9.84 Å². The molecular weight excluding hydrogens is 348 g/mol. The highest BCUT2D eigenvalue weighted by atomic mass is 16.5. The molecule has 0 spiro atoms. The summed E-state index contributed by atoms with van der Waals surface area (Å²) >= 11 is 0. The number of carbonyl (C=O) groups is 2. The molecule has 8 heteroatoms. The lowest BCUT2D eigenvalue weighted by Crippen LogP contribution is -2.19. The van der Waals surface area contributed by atoms with Crippen molar-refractivity contribution in [3.63, 3.8) is 0 Å². The lowest BCUT2D eigenvalue weighted by atomic mass is 9.98. The zero-order valence-corrected chi connectivity index (χ0v) is 14.4. The van der Waals surface area contributed by atoms with Gasteiger partial charge in [0.1, 0.15) is 6.61 Å². The molecule has 4 rings (SSSR count). The number of ether oxygens (including phenoxy) is 1. The Labute approximate surface area is 154 Å². The zero-order valence-electron chi connectivity index (χ0n) is 14.4. The quantitative estimate of drug-likeness (QED) is 0.737. The van der Waals surface area contributed by atoms with Crippen molar-refractivity contribution in [1.82, 2.24) is 14.8 Å². The molecule has 1 aliphatic rings. The van der Waals surface area contributed by atoms with Crippen molar-refractivity contribution in [2.75, 3.05) is 11.9 Å².